The Kier molecular flexibility index (Phi) is 9.26. The number of alkyl halides is 3. The Balaban J connectivity index is 1.34. The number of aryl methyl sites for hydroxylation is 1. The van der Waals surface area contributed by atoms with E-state index in [0.717, 1.165) is 42.2 Å². The average molecular weight is 517 g/mol. The fourth-order valence-electron chi connectivity index (χ4n) is 5.85. The number of rotatable bonds is 10. The average Bonchev–Trinajstić information content (AvgIpc) is 2.87. The number of benzene rings is 3. The summed E-state index contributed by atoms with van der Waals surface area (Å²) in [4.78, 5) is 0. The van der Waals surface area contributed by atoms with Gasteiger partial charge in [-0.2, -0.15) is 13.2 Å². The van der Waals surface area contributed by atoms with Crippen molar-refractivity contribution in [2.75, 3.05) is 0 Å². The van der Waals surface area contributed by atoms with Gasteiger partial charge in [-0.3, -0.25) is 0 Å². The van der Waals surface area contributed by atoms with Crippen molar-refractivity contribution in [1.29, 1.82) is 0 Å². The lowest BCUT2D eigenvalue weighted by atomic mass is 9.77. The molecule has 0 amide bonds. The number of unbranched alkanes of at least 4 members (excludes halogenated alkanes) is 4. The maximum atomic E-state index is 15.3. The molecular formula is C32H37F5. The van der Waals surface area contributed by atoms with Crippen molar-refractivity contribution in [3.05, 3.63) is 71.3 Å². The first kappa shape index (κ1) is 27.6. The zero-order valence-corrected chi connectivity index (χ0v) is 21.6. The van der Waals surface area contributed by atoms with E-state index in [1.807, 2.05) is 12.1 Å². The lowest BCUT2D eigenvalue weighted by molar-refractivity contribution is -0.139. The monoisotopic (exact) mass is 516 g/mol. The summed E-state index contributed by atoms with van der Waals surface area (Å²) in [6.45, 7) is 2.25. The molecule has 1 saturated carbocycles. The largest absolute Gasteiger partial charge is 0.419 e. The van der Waals surface area contributed by atoms with Gasteiger partial charge in [-0.15, -0.1) is 0 Å². The van der Waals surface area contributed by atoms with Gasteiger partial charge in [0.2, 0.25) is 0 Å². The van der Waals surface area contributed by atoms with E-state index in [2.05, 4.69) is 6.92 Å². The van der Waals surface area contributed by atoms with Crippen LogP contribution in [0.25, 0.3) is 21.9 Å². The molecule has 0 N–H and O–H groups in total. The molecule has 0 aliphatic heterocycles. The molecule has 0 nitrogen and oxygen atoms in total. The Bertz CT molecular complexity index is 1170. The minimum Gasteiger partial charge on any atom is -0.206 e. The van der Waals surface area contributed by atoms with Crippen molar-refractivity contribution < 1.29 is 22.0 Å². The van der Waals surface area contributed by atoms with Crippen LogP contribution in [0.5, 0.6) is 0 Å². The third-order valence-corrected chi connectivity index (χ3v) is 8.13. The predicted octanol–water partition coefficient (Wildman–Crippen LogP) is 10.9. The molecule has 0 heterocycles. The molecule has 1 fully saturated rings. The topological polar surface area (TPSA) is 0 Å². The number of halogens is 5. The molecule has 0 radical (unpaired) electrons. The highest BCUT2D eigenvalue weighted by atomic mass is 19.4. The molecule has 0 aromatic heterocycles. The van der Waals surface area contributed by atoms with Crippen LogP contribution in [0.15, 0.2) is 48.5 Å². The first-order chi connectivity index (χ1) is 17.8. The molecule has 0 unspecified atom stereocenters. The Hall–Kier alpha value is -2.43. The summed E-state index contributed by atoms with van der Waals surface area (Å²) in [6.07, 6.45) is 10.7. The van der Waals surface area contributed by atoms with Crippen molar-refractivity contribution in [3.8, 4) is 11.1 Å². The normalized spacial score (nSPS) is 18.4. The van der Waals surface area contributed by atoms with Crippen LogP contribution in [0.3, 0.4) is 0 Å². The quantitative estimate of drug-likeness (QED) is 0.186. The molecule has 200 valence electrons. The van der Waals surface area contributed by atoms with Gasteiger partial charge in [0.25, 0.3) is 0 Å². The summed E-state index contributed by atoms with van der Waals surface area (Å²) in [5.74, 6) is -0.299. The van der Waals surface area contributed by atoms with E-state index in [-0.39, 0.29) is 11.1 Å². The molecule has 4 rings (SSSR count). The van der Waals surface area contributed by atoms with E-state index in [1.54, 1.807) is 12.1 Å². The van der Waals surface area contributed by atoms with Crippen LogP contribution < -0.4 is 0 Å². The van der Waals surface area contributed by atoms with E-state index < -0.39 is 23.4 Å². The molecule has 1 aliphatic carbocycles. The smallest absolute Gasteiger partial charge is 0.206 e. The first-order valence-corrected chi connectivity index (χ1v) is 13.8. The van der Waals surface area contributed by atoms with E-state index in [0.29, 0.717) is 11.5 Å². The zero-order chi connectivity index (χ0) is 26.4. The highest BCUT2D eigenvalue weighted by Gasteiger charge is 2.34. The van der Waals surface area contributed by atoms with Gasteiger partial charge in [0, 0.05) is 10.9 Å². The number of hydrogen-bond acceptors (Lipinski definition) is 0. The van der Waals surface area contributed by atoms with Crippen LogP contribution >= 0.6 is 0 Å². The summed E-state index contributed by atoms with van der Waals surface area (Å²) in [5, 5.41) is 1.14. The second-order valence-corrected chi connectivity index (χ2v) is 10.8. The highest BCUT2D eigenvalue weighted by Crippen LogP contribution is 2.37. The van der Waals surface area contributed by atoms with Gasteiger partial charge in [-0.25, -0.2) is 8.78 Å². The molecule has 0 spiro atoms. The molecule has 37 heavy (non-hydrogen) atoms. The van der Waals surface area contributed by atoms with Crippen molar-refractivity contribution >= 4 is 10.8 Å². The molecule has 0 saturated heterocycles. The summed E-state index contributed by atoms with van der Waals surface area (Å²) < 4.78 is 67.9. The Labute approximate surface area is 217 Å². The van der Waals surface area contributed by atoms with Crippen LogP contribution in [-0.4, -0.2) is 0 Å². The van der Waals surface area contributed by atoms with Crippen LogP contribution in [0.1, 0.15) is 88.7 Å². The molecule has 3 aromatic carbocycles. The second kappa shape index (κ2) is 12.4. The van der Waals surface area contributed by atoms with E-state index in [1.165, 1.54) is 75.8 Å². The molecule has 0 bridgehead atoms. The maximum absolute atomic E-state index is 15.3. The predicted molar refractivity (Wildman–Crippen MR) is 141 cm³/mol. The number of fused-ring (bicyclic) bond motifs is 1. The second-order valence-electron chi connectivity index (χ2n) is 10.8. The van der Waals surface area contributed by atoms with Crippen molar-refractivity contribution in [2.45, 2.75) is 90.1 Å². The van der Waals surface area contributed by atoms with Crippen LogP contribution in [0.2, 0.25) is 0 Å². The molecular weight excluding hydrogens is 479 g/mol. The summed E-state index contributed by atoms with van der Waals surface area (Å²) in [6, 6.07) is 11.5. The lowest BCUT2D eigenvalue weighted by Gasteiger charge is -2.28. The van der Waals surface area contributed by atoms with Gasteiger partial charge in [0.05, 0.1) is 5.56 Å². The molecule has 0 atom stereocenters. The van der Waals surface area contributed by atoms with Crippen molar-refractivity contribution in [1.82, 2.24) is 0 Å². The molecule has 3 aromatic rings. The van der Waals surface area contributed by atoms with Crippen LogP contribution in [0, 0.1) is 23.5 Å². The van der Waals surface area contributed by atoms with Crippen LogP contribution in [0.4, 0.5) is 22.0 Å². The summed E-state index contributed by atoms with van der Waals surface area (Å²) in [5.41, 5.74) is -0.00297. The fourth-order valence-corrected chi connectivity index (χ4v) is 5.85. The summed E-state index contributed by atoms with van der Waals surface area (Å²) in [7, 11) is 0. The van der Waals surface area contributed by atoms with E-state index >= 15 is 4.39 Å². The third kappa shape index (κ3) is 7.12. The minimum atomic E-state index is -4.78. The van der Waals surface area contributed by atoms with Gasteiger partial charge < -0.3 is 0 Å². The lowest BCUT2D eigenvalue weighted by Crippen LogP contribution is -2.15. The standard InChI is InChI=1S/C32H37F5/c1-2-3-4-5-6-7-22-8-10-23(11-9-22)12-13-24-14-17-27-25(20-24)15-18-28(31(27)34)26-16-19-29(30(33)21-26)32(35,36)37/h14-23H,2-13H2,1H3. The summed E-state index contributed by atoms with van der Waals surface area (Å²) >= 11 is 0. The third-order valence-electron chi connectivity index (χ3n) is 8.13. The molecule has 5 heteroatoms. The van der Waals surface area contributed by atoms with Gasteiger partial charge in [0.1, 0.15) is 11.6 Å². The van der Waals surface area contributed by atoms with E-state index in [4.69, 9.17) is 0 Å². The maximum Gasteiger partial charge on any atom is 0.419 e. The van der Waals surface area contributed by atoms with Crippen molar-refractivity contribution in [3.63, 3.8) is 0 Å². The number of hydrogen-bond donors (Lipinski definition) is 0. The minimum absolute atomic E-state index is 0.0885. The Morgan fingerprint density at radius 3 is 2.14 bits per heavy atom. The van der Waals surface area contributed by atoms with Gasteiger partial charge >= 0.3 is 6.18 Å². The Morgan fingerprint density at radius 2 is 1.46 bits per heavy atom. The van der Waals surface area contributed by atoms with Gasteiger partial charge in [-0.05, 0) is 53.3 Å². The fraction of sp³-hybridized carbons (Fsp3) is 0.500. The molecule has 1 aliphatic rings. The van der Waals surface area contributed by atoms with E-state index in [9.17, 15) is 17.6 Å². The van der Waals surface area contributed by atoms with Crippen molar-refractivity contribution in [2.24, 2.45) is 11.8 Å². The van der Waals surface area contributed by atoms with Gasteiger partial charge in [0.15, 0.2) is 0 Å². The first-order valence-electron chi connectivity index (χ1n) is 13.8. The van der Waals surface area contributed by atoms with Gasteiger partial charge in [-0.1, -0.05) is 108 Å². The van der Waals surface area contributed by atoms with Crippen LogP contribution in [-0.2, 0) is 12.6 Å². The Morgan fingerprint density at radius 1 is 0.757 bits per heavy atom. The highest BCUT2D eigenvalue weighted by molar-refractivity contribution is 5.88. The SMILES string of the molecule is CCCCCCCC1CCC(CCc2ccc3c(F)c(-c4ccc(C(F)(F)F)c(F)c4)ccc3c2)CC1. The zero-order valence-electron chi connectivity index (χ0n) is 21.6.